The summed E-state index contributed by atoms with van der Waals surface area (Å²) in [6, 6.07) is 0. The molecule has 0 bridgehead atoms. The molecule has 0 unspecified atom stereocenters. The molecule has 0 spiro atoms. The van der Waals surface area contributed by atoms with Crippen molar-refractivity contribution in [3.05, 3.63) is 0 Å². The van der Waals surface area contributed by atoms with E-state index >= 15 is 0 Å². The number of hydrogen-bond acceptors (Lipinski definition) is 4. The van der Waals surface area contributed by atoms with Crippen LogP contribution in [-0.2, 0) is 0 Å². The first-order valence-electron chi connectivity index (χ1n) is 4.97. The molecular formula is C10H24O4. The highest BCUT2D eigenvalue weighted by molar-refractivity contribution is 4.62. The monoisotopic (exact) mass is 208 g/mol. The van der Waals surface area contributed by atoms with E-state index in [2.05, 4.69) is 0 Å². The lowest BCUT2D eigenvalue weighted by atomic mass is 9.97. The lowest BCUT2D eigenvalue weighted by molar-refractivity contribution is -0.0463. The van der Waals surface area contributed by atoms with E-state index in [1.165, 1.54) is 0 Å². The molecule has 0 fully saturated rings. The topological polar surface area (TPSA) is 80.9 Å². The largest absolute Gasteiger partial charge is 0.396 e. The average molecular weight is 208 g/mol. The SMILES string of the molecule is CC(C)(CO)CO.CCCCC(O)O. The summed E-state index contributed by atoms with van der Waals surface area (Å²) in [7, 11) is 0. The summed E-state index contributed by atoms with van der Waals surface area (Å²) in [5.74, 6) is 0. The van der Waals surface area contributed by atoms with Crippen LogP contribution in [0.5, 0.6) is 0 Å². The summed E-state index contributed by atoms with van der Waals surface area (Å²) in [4.78, 5) is 0. The van der Waals surface area contributed by atoms with Crippen molar-refractivity contribution in [2.24, 2.45) is 5.41 Å². The molecule has 0 aliphatic rings. The summed E-state index contributed by atoms with van der Waals surface area (Å²) < 4.78 is 0. The van der Waals surface area contributed by atoms with Crippen molar-refractivity contribution in [3.8, 4) is 0 Å². The lowest BCUT2D eigenvalue weighted by Gasteiger charge is -2.16. The number of hydrogen-bond donors (Lipinski definition) is 4. The van der Waals surface area contributed by atoms with Gasteiger partial charge in [-0.3, -0.25) is 0 Å². The molecule has 0 saturated heterocycles. The maximum absolute atomic E-state index is 8.43. The van der Waals surface area contributed by atoms with Crippen molar-refractivity contribution in [3.63, 3.8) is 0 Å². The third-order valence-electron chi connectivity index (χ3n) is 1.67. The van der Waals surface area contributed by atoms with Gasteiger partial charge in [0.1, 0.15) is 0 Å². The zero-order chi connectivity index (χ0) is 11.6. The van der Waals surface area contributed by atoms with Gasteiger partial charge >= 0.3 is 0 Å². The fourth-order valence-electron chi connectivity index (χ4n) is 0.437. The van der Waals surface area contributed by atoms with Crippen LogP contribution < -0.4 is 0 Å². The van der Waals surface area contributed by atoms with Gasteiger partial charge in [0.05, 0.1) is 13.2 Å². The van der Waals surface area contributed by atoms with Gasteiger partial charge in [0.25, 0.3) is 0 Å². The van der Waals surface area contributed by atoms with Gasteiger partial charge in [0.15, 0.2) is 6.29 Å². The normalized spacial score (nSPS) is 11.1. The Morgan fingerprint density at radius 1 is 1.07 bits per heavy atom. The van der Waals surface area contributed by atoms with Crippen LogP contribution in [0.4, 0.5) is 0 Å². The number of unbranched alkanes of at least 4 members (excludes halogenated alkanes) is 1. The minimum absolute atomic E-state index is 0.0451. The number of rotatable bonds is 5. The summed E-state index contributed by atoms with van der Waals surface area (Å²) in [6.45, 7) is 5.70. The van der Waals surface area contributed by atoms with Gasteiger partial charge in [-0.25, -0.2) is 0 Å². The quantitative estimate of drug-likeness (QED) is 0.495. The molecule has 4 N–H and O–H groups in total. The summed E-state index contributed by atoms with van der Waals surface area (Å²) >= 11 is 0. The molecule has 0 aliphatic carbocycles. The number of aliphatic hydroxyl groups is 4. The van der Waals surface area contributed by atoms with E-state index in [-0.39, 0.29) is 18.6 Å². The van der Waals surface area contributed by atoms with Crippen molar-refractivity contribution < 1.29 is 20.4 Å². The van der Waals surface area contributed by atoms with Crippen LogP contribution in [0.25, 0.3) is 0 Å². The molecule has 0 aromatic carbocycles. The Morgan fingerprint density at radius 2 is 1.50 bits per heavy atom. The average Bonchev–Trinajstić information content (AvgIpc) is 2.15. The Kier molecular flexibility index (Phi) is 10.9. The van der Waals surface area contributed by atoms with Gasteiger partial charge in [0, 0.05) is 5.41 Å². The molecule has 0 saturated carbocycles. The van der Waals surface area contributed by atoms with Gasteiger partial charge in [-0.05, 0) is 12.8 Å². The minimum Gasteiger partial charge on any atom is -0.396 e. The standard InChI is InChI=1S/2C5H12O2/c1-5(2,3-6)4-7;1-2-3-4-5(6)7/h6-7H,3-4H2,1-2H3;5-7H,2-4H2,1H3. The third-order valence-corrected chi connectivity index (χ3v) is 1.67. The molecule has 4 nitrogen and oxygen atoms in total. The highest BCUT2D eigenvalue weighted by atomic mass is 16.5. The first-order chi connectivity index (χ1) is 6.39. The van der Waals surface area contributed by atoms with Crippen molar-refractivity contribution in [1.82, 2.24) is 0 Å². The van der Waals surface area contributed by atoms with Gasteiger partial charge < -0.3 is 20.4 Å². The van der Waals surface area contributed by atoms with E-state index in [1.807, 2.05) is 6.92 Å². The first kappa shape index (κ1) is 16.3. The molecule has 0 aromatic heterocycles. The van der Waals surface area contributed by atoms with Crippen molar-refractivity contribution >= 4 is 0 Å². The fourth-order valence-corrected chi connectivity index (χ4v) is 0.437. The number of aliphatic hydroxyl groups excluding tert-OH is 3. The van der Waals surface area contributed by atoms with E-state index in [1.54, 1.807) is 13.8 Å². The molecule has 4 heteroatoms. The summed E-state index contributed by atoms with van der Waals surface area (Å²) in [5.41, 5.74) is -0.306. The van der Waals surface area contributed by atoms with Crippen LogP contribution >= 0.6 is 0 Å². The molecule has 0 aliphatic heterocycles. The zero-order valence-electron chi connectivity index (χ0n) is 9.40. The Bertz CT molecular complexity index is 107. The molecule has 0 atom stereocenters. The highest BCUT2D eigenvalue weighted by Crippen LogP contribution is 2.10. The van der Waals surface area contributed by atoms with Crippen LogP contribution in [-0.4, -0.2) is 39.9 Å². The Labute approximate surface area is 86.2 Å². The molecule has 14 heavy (non-hydrogen) atoms. The zero-order valence-corrected chi connectivity index (χ0v) is 9.40. The van der Waals surface area contributed by atoms with Crippen molar-refractivity contribution in [1.29, 1.82) is 0 Å². The second kappa shape index (κ2) is 9.40. The van der Waals surface area contributed by atoms with E-state index in [0.717, 1.165) is 12.8 Å². The molecule has 88 valence electrons. The predicted molar refractivity (Wildman–Crippen MR) is 55.7 cm³/mol. The Hall–Kier alpha value is -0.160. The van der Waals surface area contributed by atoms with Gasteiger partial charge in [-0.2, -0.15) is 0 Å². The molecule has 0 aromatic rings. The molecule has 0 radical (unpaired) electrons. The second-order valence-electron chi connectivity index (χ2n) is 4.10. The van der Waals surface area contributed by atoms with Gasteiger partial charge in [-0.15, -0.1) is 0 Å². The maximum atomic E-state index is 8.43. The van der Waals surface area contributed by atoms with Crippen molar-refractivity contribution in [2.75, 3.05) is 13.2 Å². The molecule has 0 heterocycles. The van der Waals surface area contributed by atoms with Crippen LogP contribution in [0.15, 0.2) is 0 Å². The molecular weight excluding hydrogens is 184 g/mol. The Morgan fingerprint density at radius 3 is 1.57 bits per heavy atom. The van der Waals surface area contributed by atoms with Crippen LogP contribution in [0.2, 0.25) is 0 Å². The van der Waals surface area contributed by atoms with Crippen LogP contribution in [0, 0.1) is 5.41 Å². The van der Waals surface area contributed by atoms with Crippen LogP contribution in [0.3, 0.4) is 0 Å². The Balaban J connectivity index is 0. The minimum atomic E-state index is -1.10. The first-order valence-corrected chi connectivity index (χ1v) is 4.97. The lowest BCUT2D eigenvalue weighted by Crippen LogP contribution is -2.20. The summed E-state index contributed by atoms with van der Waals surface area (Å²) in [5, 5.41) is 33.3. The predicted octanol–water partition coefficient (Wildman–Crippen LogP) is 0.484. The fraction of sp³-hybridized carbons (Fsp3) is 1.00. The molecule has 0 amide bonds. The second-order valence-corrected chi connectivity index (χ2v) is 4.10. The van der Waals surface area contributed by atoms with Gasteiger partial charge in [0.2, 0.25) is 0 Å². The van der Waals surface area contributed by atoms with Crippen LogP contribution in [0.1, 0.15) is 40.0 Å². The summed E-state index contributed by atoms with van der Waals surface area (Å²) in [6.07, 6.45) is 1.34. The third kappa shape index (κ3) is 14.4. The molecule has 0 rings (SSSR count). The van der Waals surface area contributed by atoms with Crippen molar-refractivity contribution in [2.45, 2.75) is 46.3 Å². The maximum Gasteiger partial charge on any atom is 0.151 e. The van der Waals surface area contributed by atoms with E-state index in [0.29, 0.717) is 6.42 Å². The highest BCUT2D eigenvalue weighted by Gasteiger charge is 2.13. The van der Waals surface area contributed by atoms with E-state index in [4.69, 9.17) is 20.4 Å². The van der Waals surface area contributed by atoms with E-state index < -0.39 is 6.29 Å². The van der Waals surface area contributed by atoms with E-state index in [9.17, 15) is 0 Å². The smallest absolute Gasteiger partial charge is 0.151 e. The van der Waals surface area contributed by atoms with Gasteiger partial charge in [-0.1, -0.05) is 27.2 Å².